The minimum atomic E-state index is 0.0772. The quantitative estimate of drug-likeness (QED) is 0.538. The topological polar surface area (TPSA) is 26.7 Å². The number of aliphatic hydroxyl groups excluding tert-OH is 1. The molecule has 1 rings (SSSR count). The highest BCUT2D eigenvalue weighted by Gasteiger charge is 2.12. The summed E-state index contributed by atoms with van der Waals surface area (Å²) >= 11 is 0. The lowest BCUT2D eigenvalue weighted by Crippen LogP contribution is -2.31. The first-order valence-electron chi connectivity index (χ1n) is 3.00. The van der Waals surface area contributed by atoms with Crippen LogP contribution in [0.15, 0.2) is 11.8 Å². The molecule has 0 unspecified atom stereocenters. The molecule has 0 aromatic rings. The molecule has 0 amide bonds. The van der Waals surface area contributed by atoms with Crippen molar-refractivity contribution in [1.82, 2.24) is 10.0 Å². The van der Waals surface area contributed by atoms with Crippen molar-refractivity contribution in [3.05, 3.63) is 11.8 Å². The third-order valence-electron chi connectivity index (χ3n) is 1.43. The summed E-state index contributed by atoms with van der Waals surface area (Å²) in [6.07, 6.45) is 1.94. The van der Waals surface area contributed by atoms with Crippen molar-refractivity contribution in [2.45, 2.75) is 6.92 Å². The third kappa shape index (κ3) is 1.23. The van der Waals surface area contributed by atoms with Crippen molar-refractivity contribution in [1.29, 1.82) is 0 Å². The maximum absolute atomic E-state index is 8.69. The predicted octanol–water partition coefficient (Wildman–Crippen LogP) is 0.00240. The highest BCUT2D eigenvalue weighted by molar-refractivity contribution is 5.03. The molecule has 0 aromatic heterocycles. The van der Waals surface area contributed by atoms with Gasteiger partial charge in [0, 0.05) is 19.8 Å². The van der Waals surface area contributed by atoms with Gasteiger partial charge in [-0.2, -0.15) is 0 Å². The molecule has 0 bridgehead atoms. The van der Waals surface area contributed by atoms with Gasteiger partial charge >= 0.3 is 0 Å². The Kier molecular flexibility index (Phi) is 1.73. The van der Waals surface area contributed by atoms with Crippen molar-refractivity contribution in [2.24, 2.45) is 0 Å². The van der Waals surface area contributed by atoms with Gasteiger partial charge in [-0.15, -0.1) is 0 Å². The lowest BCUT2D eigenvalue weighted by Gasteiger charge is -2.21. The molecule has 9 heavy (non-hydrogen) atoms. The van der Waals surface area contributed by atoms with Gasteiger partial charge in [-0.3, -0.25) is 5.01 Å². The molecule has 0 radical (unpaired) electrons. The van der Waals surface area contributed by atoms with E-state index in [2.05, 4.69) is 0 Å². The van der Waals surface area contributed by atoms with E-state index in [4.69, 9.17) is 5.11 Å². The second-order valence-corrected chi connectivity index (χ2v) is 2.37. The Morgan fingerprint density at radius 2 is 2.44 bits per heavy atom. The molecule has 0 aromatic carbocycles. The van der Waals surface area contributed by atoms with E-state index in [9.17, 15) is 0 Å². The minimum Gasteiger partial charge on any atom is -0.375 e. The summed E-state index contributed by atoms with van der Waals surface area (Å²) < 4.78 is 0. The number of aliphatic hydroxyl groups is 1. The second-order valence-electron chi connectivity index (χ2n) is 2.37. The minimum absolute atomic E-state index is 0.0772. The van der Waals surface area contributed by atoms with E-state index in [1.54, 1.807) is 5.01 Å². The van der Waals surface area contributed by atoms with Gasteiger partial charge in [0.1, 0.15) is 6.73 Å². The molecule has 3 nitrogen and oxygen atoms in total. The molecule has 1 aliphatic heterocycles. The van der Waals surface area contributed by atoms with Gasteiger partial charge in [-0.1, -0.05) is 0 Å². The Bertz CT molecular complexity index is 133. The Morgan fingerprint density at radius 1 is 1.78 bits per heavy atom. The smallest absolute Gasteiger partial charge is 0.129 e. The zero-order valence-electron chi connectivity index (χ0n) is 5.83. The number of nitrogens with zero attached hydrogens (tertiary/aromatic N) is 2. The van der Waals surface area contributed by atoms with Crippen LogP contribution in [0.1, 0.15) is 6.92 Å². The van der Waals surface area contributed by atoms with Crippen LogP contribution in [0.5, 0.6) is 0 Å². The standard InChI is InChI=1S/C6H12N2O/c1-6-3-7(2)8(4-6)5-9/h4,9H,3,5H2,1-2H3. The monoisotopic (exact) mass is 128 g/mol. The number of rotatable bonds is 1. The molecule has 0 spiro atoms. The third-order valence-corrected chi connectivity index (χ3v) is 1.43. The zero-order chi connectivity index (χ0) is 6.85. The van der Waals surface area contributed by atoms with Crippen molar-refractivity contribution in [2.75, 3.05) is 20.3 Å². The van der Waals surface area contributed by atoms with Crippen LogP contribution in [0.25, 0.3) is 0 Å². The summed E-state index contributed by atoms with van der Waals surface area (Å²) in [7, 11) is 1.95. The fourth-order valence-electron chi connectivity index (χ4n) is 0.994. The summed E-state index contributed by atoms with van der Waals surface area (Å²) in [5.41, 5.74) is 1.28. The van der Waals surface area contributed by atoms with Crippen LogP contribution in [-0.4, -0.2) is 35.4 Å². The summed E-state index contributed by atoms with van der Waals surface area (Å²) in [4.78, 5) is 0. The Labute approximate surface area is 55.2 Å². The molecule has 0 aliphatic carbocycles. The molecule has 1 N–H and O–H groups in total. The van der Waals surface area contributed by atoms with E-state index in [1.165, 1.54) is 5.57 Å². The maximum atomic E-state index is 8.69. The first kappa shape index (κ1) is 6.58. The predicted molar refractivity (Wildman–Crippen MR) is 35.3 cm³/mol. The first-order chi connectivity index (χ1) is 4.24. The van der Waals surface area contributed by atoms with E-state index < -0.39 is 0 Å². The van der Waals surface area contributed by atoms with E-state index in [0.29, 0.717) is 0 Å². The van der Waals surface area contributed by atoms with Crippen LogP contribution >= 0.6 is 0 Å². The van der Waals surface area contributed by atoms with Crippen LogP contribution in [0, 0.1) is 0 Å². The summed E-state index contributed by atoms with van der Waals surface area (Å²) in [6.45, 7) is 3.06. The molecule has 52 valence electrons. The van der Waals surface area contributed by atoms with Gasteiger partial charge in [-0.25, -0.2) is 5.01 Å². The van der Waals surface area contributed by atoms with Crippen LogP contribution in [0.3, 0.4) is 0 Å². The molecular weight excluding hydrogens is 116 g/mol. The average Bonchev–Trinajstić information content (AvgIpc) is 2.10. The van der Waals surface area contributed by atoms with Crippen molar-refractivity contribution in [3.63, 3.8) is 0 Å². The first-order valence-corrected chi connectivity index (χ1v) is 3.00. The molecule has 3 heteroatoms. The second kappa shape index (κ2) is 2.37. The largest absolute Gasteiger partial charge is 0.375 e. The molecular formula is C6H12N2O. The molecule has 0 saturated carbocycles. The summed E-state index contributed by atoms with van der Waals surface area (Å²) in [6, 6.07) is 0. The van der Waals surface area contributed by atoms with E-state index in [1.807, 2.05) is 25.2 Å². The van der Waals surface area contributed by atoms with E-state index >= 15 is 0 Å². The summed E-state index contributed by atoms with van der Waals surface area (Å²) in [5, 5.41) is 12.4. The fourth-order valence-corrected chi connectivity index (χ4v) is 0.994. The highest BCUT2D eigenvalue weighted by atomic mass is 16.3. The van der Waals surface area contributed by atoms with E-state index in [-0.39, 0.29) is 6.73 Å². The van der Waals surface area contributed by atoms with Crippen LogP contribution in [-0.2, 0) is 0 Å². The fraction of sp³-hybridized carbons (Fsp3) is 0.667. The lowest BCUT2D eigenvalue weighted by molar-refractivity contribution is 0.000811. The Balaban J connectivity index is 2.53. The molecule has 0 saturated heterocycles. The van der Waals surface area contributed by atoms with Crippen molar-refractivity contribution < 1.29 is 5.11 Å². The highest BCUT2D eigenvalue weighted by Crippen LogP contribution is 2.09. The zero-order valence-corrected chi connectivity index (χ0v) is 5.83. The normalized spacial score (nSPS) is 20.8. The van der Waals surface area contributed by atoms with E-state index in [0.717, 1.165) is 6.54 Å². The van der Waals surface area contributed by atoms with Gasteiger partial charge in [0.25, 0.3) is 0 Å². The molecule has 0 atom stereocenters. The number of hydrazine groups is 1. The maximum Gasteiger partial charge on any atom is 0.129 e. The van der Waals surface area contributed by atoms with Gasteiger partial charge in [0.05, 0.1) is 0 Å². The Hall–Kier alpha value is -0.540. The van der Waals surface area contributed by atoms with Crippen LogP contribution in [0.4, 0.5) is 0 Å². The molecule has 1 heterocycles. The number of hydrogen-bond donors (Lipinski definition) is 1. The van der Waals surface area contributed by atoms with Crippen molar-refractivity contribution in [3.8, 4) is 0 Å². The van der Waals surface area contributed by atoms with Crippen LogP contribution in [0.2, 0.25) is 0 Å². The van der Waals surface area contributed by atoms with Gasteiger partial charge in [0.15, 0.2) is 0 Å². The lowest BCUT2D eigenvalue weighted by atomic mass is 10.3. The average molecular weight is 128 g/mol. The Morgan fingerprint density at radius 3 is 2.67 bits per heavy atom. The molecule has 0 fully saturated rings. The van der Waals surface area contributed by atoms with Crippen LogP contribution < -0.4 is 0 Å². The van der Waals surface area contributed by atoms with Crippen molar-refractivity contribution >= 4 is 0 Å². The van der Waals surface area contributed by atoms with Gasteiger partial charge in [0.2, 0.25) is 0 Å². The van der Waals surface area contributed by atoms with Gasteiger partial charge < -0.3 is 5.11 Å². The molecule has 1 aliphatic rings. The number of hydrogen-bond acceptors (Lipinski definition) is 3. The SMILES string of the molecule is CC1=CN(CO)N(C)C1. The summed E-state index contributed by atoms with van der Waals surface area (Å²) in [5.74, 6) is 0. The van der Waals surface area contributed by atoms with Gasteiger partial charge in [-0.05, 0) is 12.5 Å². The number of likely N-dealkylation sites (N-methyl/N-ethyl adjacent to an activating group) is 1.